The van der Waals surface area contributed by atoms with Crippen LogP contribution in [-0.4, -0.2) is 12.2 Å². The number of halogens is 2. The summed E-state index contributed by atoms with van der Waals surface area (Å²) in [6, 6.07) is 5.58. The minimum atomic E-state index is -1.05. The highest BCUT2D eigenvalue weighted by molar-refractivity contribution is 5.97. The van der Waals surface area contributed by atoms with E-state index in [0.29, 0.717) is 11.1 Å². The van der Waals surface area contributed by atoms with E-state index >= 15 is 0 Å². The molecule has 0 atom stereocenters. The van der Waals surface area contributed by atoms with Crippen molar-refractivity contribution in [3.05, 3.63) is 35.9 Å². The topological polar surface area (TPSA) is 32.3 Å². The van der Waals surface area contributed by atoms with Gasteiger partial charge in [-0.2, -0.15) is 0 Å². The molecule has 0 fully saturated rings. The van der Waals surface area contributed by atoms with Crippen LogP contribution in [0.5, 0.6) is 5.75 Å². The molecule has 0 bridgehead atoms. The summed E-state index contributed by atoms with van der Waals surface area (Å²) in [7, 11) is 1.61. The normalized spacial score (nSPS) is 10.6. The Balaban J connectivity index is 2.96. The fourth-order valence-corrected chi connectivity index (χ4v) is 1.59. The molecule has 0 saturated heterocycles. The average molecular weight is 209 g/mol. The highest BCUT2D eigenvalue weighted by Crippen LogP contribution is 2.33. The predicted octanol–water partition coefficient (Wildman–Crippen LogP) is 2.87. The average Bonchev–Trinajstić information content (AvgIpc) is 2.25. The molecule has 0 aliphatic heterocycles. The SMILES string of the molecule is CNc1cccc2c(O)cc(F)c(F)c12. The van der Waals surface area contributed by atoms with Gasteiger partial charge in [-0.05, 0) is 6.07 Å². The lowest BCUT2D eigenvalue weighted by Crippen LogP contribution is -1.94. The quantitative estimate of drug-likeness (QED) is 0.756. The Morgan fingerprint density at radius 2 is 2.00 bits per heavy atom. The van der Waals surface area contributed by atoms with E-state index in [9.17, 15) is 13.9 Å². The van der Waals surface area contributed by atoms with Crippen LogP contribution in [0.3, 0.4) is 0 Å². The molecule has 2 rings (SSSR count). The van der Waals surface area contributed by atoms with Crippen molar-refractivity contribution >= 4 is 16.5 Å². The minimum absolute atomic E-state index is 0.0671. The third kappa shape index (κ3) is 1.38. The molecule has 0 amide bonds. The van der Waals surface area contributed by atoms with Crippen LogP contribution in [0, 0.1) is 11.6 Å². The fraction of sp³-hybridized carbons (Fsp3) is 0.0909. The van der Waals surface area contributed by atoms with Crippen LogP contribution in [0.15, 0.2) is 24.3 Å². The lowest BCUT2D eigenvalue weighted by molar-refractivity contribution is 0.464. The third-order valence-electron chi connectivity index (χ3n) is 2.30. The van der Waals surface area contributed by atoms with Gasteiger partial charge in [0.25, 0.3) is 0 Å². The fourth-order valence-electron chi connectivity index (χ4n) is 1.59. The van der Waals surface area contributed by atoms with E-state index in [-0.39, 0.29) is 11.1 Å². The van der Waals surface area contributed by atoms with Crippen molar-refractivity contribution in [2.75, 3.05) is 12.4 Å². The molecule has 0 aliphatic carbocycles. The molecule has 0 spiro atoms. The van der Waals surface area contributed by atoms with Gasteiger partial charge < -0.3 is 10.4 Å². The maximum absolute atomic E-state index is 13.5. The Labute approximate surface area is 85.2 Å². The Morgan fingerprint density at radius 1 is 1.27 bits per heavy atom. The molecule has 4 heteroatoms. The van der Waals surface area contributed by atoms with Gasteiger partial charge in [0.05, 0.1) is 0 Å². The number of benzene rings is 2. The molecule has 2 aromatic carbocycles. The zero-order chi connectivity index (χ0) is 11.0. The van der Waals surface area contributed by atoms with E-state index < -0.39 is 11.6 Å². The van der Waals surface area contributed by atoms with Crippen LogP contribution in [0.1, 0.15) is 0 Å². The second-order valence-electron chi connectivity index (χ2n) is 3.17. The van der Waals surface area contributed by atoms with Crippen LogP contribution >= 0.6 is 0 Å². The molecule has 0 aliphatic rings. The first-order chi connectivity index (χ1) is 7.15. The van der Waals surface area contributed by atoms with Gasteiger partial charge in [-0.1, -0.05) is 12.1 Å². The largest absolute Gasteiger partial charge is 0.507 e. The van der Waals surface area contributed by atoms with Crippen molar-refractivity contribution in [2.45, 2.75) is 0 Å². The summed E-state index contributed by atoms with van der Waals surface area (Å²) < 4.78 is 26.6. The lowest BCUT2D eigenvalue weighted by Gasteiger charge is -2.08. The second kappa shape index (κ2) is 3.38. The zero-order valence-electron chi connectivity index (χ0n) is 8.01. The van der Waals surface area contributed by atoms with Crippen molar-refractivity contribution in [2.24, 2.45) is 0 Å². The Bertz CT molecular complexity index is 525. The van der Waals surface area contributed by atoms with Gasteiger partial charge in [0.1, 0.15) is 5.75 Å². The van der Waals surface area contributed by atoms with Crippen LogP contribution in [0.2, 0.25) is 0 Å². The van der Waals surface area contributed by atoms with Crippen molar-refractivity contribution in [1.82, 2.24) is 0 Å². The number of phenolic OH excluding ortho intramolecular Hbond substituents is 1. The van der Waals surface area contributed by atoms with Gasteiger partial charge in [0.2, 0.25) is 0 Å². The van der Waals surface area contributed by atoms with Gasteiger partial charge in [0, 0.05) is 29.6 Å². The number of hydrogen-bond donors (Lipinski definition) is 2. The minimum Gasteiger partial charge on any atom is -0.507 e. The summed E-state index contributed by atoms with van der Waals surface area (Å²) in [5, 5.41) is 12.6. The molecule has 2 N–H and O–H groups in total. The summed E-state index contributed by atoms with van der Waals surface area (Å²) in [5.41, 5.74) is 0.444. The van der Waals surface area contributed by atoms with Crippen LogP contribution in [0.25, 0.3) is 10.8 Å². The van der Waals surface area contributed by atoms with Crippen LogP contribution in [0.4, 0.5) is 14.5 Å². The second-order valence-corrected chi connectivity index (χ2v) is 3.17. The summed E-state index contributed by atoms with van der Waals surface area (Å²) >= 11 is 0. The molecule has 78 valence electrons. The Hall–Kier alpha value is -1.84. The lowest BCUT2D eigenvalue weighted by atomic mass is 10.1. The molecular weight excluding hydrogens is 200 g/mol. The first-order valence-electron chi connectivity index (χ1n) is 4.42. The third-order valence-corrected chi connectivity index (χ3v) is 2.30. The monoisotopic (exact) mass is 209 g/mol. The smallest absolute Gasteiger partial charge is 0.168 e. The Kier molecular flexibility index (Phi) is 2.19. The van der Waals surface area contributed by atoms with Crippen LogP contribution in [-0.2, 0) is 0 Å². The van der Waals surface area contributed by atoms with E-state index in [4.69, 9.17) is 0 Å². The molecule has 0 radical (unpaired) electrons. The van der Waals surface area contributed by atoms with Crippen molar-refractivity contribution in [1.29, 1.82) is 0 Å². The van der Waals surface area contributed by atoms with Gasteiger partial charge >= 0.3 is 0 Å². The first-order valence-corrected chi connectivity index (χ1v) is 4.42. The molecule has 0 heterocycles. The summed E-state index contributed by atoms with van der Waals surface area (Å²) in [5.74, 6) is -2.27. The summed E-state index contributed by atoms with van der Waals surface area (Å²) in [4.78, 5) is 0. The van der Waals surface area contributed by atoms with E-state index in [0.717, 1.165) is 6.07 Å². The molecule has 2 aromatic rings. The van der Waals surface area contributed by atoms with Gasteiger partial charge in [-0.15, -0.1) is 0 Å². The van der Waals surface area contributed by atoms with E-state index in [2.05, 4.69) is 5.32 Å². The maximum atomic E-state index is 13.5. The van der Waals surface area contributed by atoms with Crippen molar-refractivity contribution in [3.63, 3.8) is 0 Å². The molecule has 15 heavy (non-hydrogen) atoms. The number of hydrogen-bond acceptors (Lipinski definition) is 2. The zero-order valence-corrected chi connectivity index (χ0v) is 8.01. The first kappa shape index (κ1) is 9.71. The van der Waals surface area contributed by atoms with Crippen molar-refractivity contribution < 1.29 is 13.9 Å². The number of anilines is 1. The van der Waals surface area contributed by atoms with Crippen molar-refractivity contribution in [3.8, 4) is 5.75 Å². The number of aromatic hydroxyl groups is 1. The highest BCUT2D eigenvalue weighted by atomic mass is 19.2. The summed E-state index contributed by atoms with van der Waals surface area (Å²) in [6.07, 6.45) is 0. The Morgan fingerprint density at radius 3 is 2.67 bits per heavy atom. The maximum Gasteiger partial charge on any atom is 0.168 e. The van der Waals surface area contributed by atoms with E-state index in [1.165, 1.54) is 6.07 Å². The number of phenols is 1. The molecule has 0 unspecified atom stereocenters. The molecular formula is C11H9F2NO. The van der Waals surface area contributed by atoms with Gasteiger partial charge in [-0.3, -0.25) is 0 Å². The van der Waals surface area contributed by atoms with Gasteiger partial charge in [-0.25, -0.2) is 8.78 Å². The molecule has 0 aromatic heterocycles. The number of rotatable bonds is 1. The van der Waals surface area contributed by atoms with Crippen LogP contribution < -0.4 is 5.32 Å². The number of nitrogens with one attached hydrogen (secondary N) is 1. The highest BCUT2D eigenvalue weighted by Gasteiger charge is 2.13. The van der Waals surface area contributed by atoms with E-state index in [1.807, 2.05) is 0 Å². The number of fused-ring (bicyclic) bond motifs is 1. The van der Waals surface area contributed by atoms with E-state index in [1.54, 1.807) is 19.2 Å². The standard InChI is InChI=1S/C11H9F2NO/c1-14-8-4-2-3-6-9(15)5-7(12)11(13)10(6)8/h2-5,14-15H,1H3. The molecule has 0 saturated carbocycles. The predicted molar refractivity (Wildman–Crippen MR) is 55.1 cm³/mol. The van der Waals surface area contributed by atoms with Gasteiger partial charge in [0.15, 0.2) is 11.6 Å². The molecule has 2 nitrogen and oxygen atoms in total. The summed E-state index contributed by atoms with van der Waals surface area (Å²) in [6.45, 7) is 0.